The molecule has 2 aromatic carbocycles. The average molecular weight is 311 g/mol. The zero-order chi connectivity index (χ0) is 15.8. The van der Waals surface area contributed by atoms with E-state index in [1.54, 1.807) is 25.1 Å². The first-order valence-electron chi connectivity index (χ1n) is 7.29. The third-order valence-corrected chi connectivity index (χ3v) is 3.74. The van der Waals surface area contributed by atoms with E-state index >= 15 is 0 Å². The molecule has 116 valence electrons. The Kier molecular flexibility index (Phi) is 3.22. The number of hydrogen-bond donors (Lipinski definition) is 1. The summed E-state index contributed by atoms with van der Waals surface area (Å²) in [6, 6.07) is 8.82. The number of rotatable bonds is 2. The van der Waals surface area contributed by atoms with Crippen molar-refractivity contribution in [1.29, 1.82) is 0 Å². The van der Waals surface area contributed by atoms with Gasteiger partial charge >= 0.3 is 0 Å². The van der Waals surface area contributed by atoms with Crippen LogP contribution >= 0.6 is 0 Å². The van der Waals surface area contributed by atoms with Crippen molar-refractivity contribution in [2.75, 3.05) is 18.5 Å². The Bertz CT molecular complexity index is 898. The monoisotopic (exact) mass is 311 g/mol. The van der Waals surface area contributed by atoms with E-state index in [1.165, 1.54) is 6.33 Å². The molecule has 3 aromatic rings. The molecule has 5 nitrogen and oxygen atoms in total. The van der Waals surface area contributed by atoms with Crippen molar-refractivity contribution in [3.05, 3.63) is 48.0 Å². The molecular weight excluding hydrogens is 297 g/mol. The molecule has 0 spiro atoms. The van der Waals surface area contributed by atoms with Crippen LogP contribution in [0.2, 0.25) is 0 Å². The van der Waals surface area contributed by atoms with Crippen molar-refractivity contribution in [2.24, 2.45) is 0 Å². The zero-order valence-electron chi connectivity index (χ0n) is 12.5. The number of nitrogens with zero attached hydrogens (tertiary/aromatic N) is 2. The number of anilines is 2. The van der Waals surface area contributed by atoms with Gasteiger partial charge in [-0.05, 0) is 24.6 Å². The van der Waals surface area contributed by atoms with Gasteiger partial charge < -0.3 is 14.8 Å². The fourth-order valence-electron chi connectivity index (χ4n) is 2.56. The third-order valence-electron chi connectivity index (χ3n) is 3.74. The predicted molar refractivity (Wildman–Crippen MR) is 84.9 cm³/mol. The summed E-state index contributed by atoms with van der Waals surface area (Å²) in [7, 11) is 0. The molecule has 0 amide bonds. The lowest BCUT2D eigenvalue weighted by Crippen LogP contribution is -2.15. The van der Waals surface area contributed by atoms with Crippen molar-refractivity contribution in [3.8, 4) is 11.5 Å². The molecule has 0 fully saturated rings. The summed E-state index contributed by atoms with van der Waals surface area (Å²) in [4.78, 5) is 8.49. The van der Waals surface area contributed by atoms with E-state index in [0.29, 0.717) is 47.3 Å². The number of ether oxygens (including phenoxy) is 2. The van der Waals surface area contributed by atoms with Crippen LogP contribution in [-0.2, 0) is 0 Å². The van der Waals surface area contributed by atoms with Gasteiger partial charge in [0.1, 0.15) is 31.2 Å². The van der Waals surface area contributed by atoms with Crippen LogP contribution in [0.25, 0.3) is 10.9 Å². The van der Waals surface area contributed by atoms with Crippen molar-refractivity contribution in [2.45, 2.75) is 6.92 Å². The van der Waals surface area contributed by atoms with Crippen LogP contribution < -0.4 is 14.8 Å². The lowest BCUT2D eigenvalue weighted by Gasteiger charge is -2.19. The standard InChI is InChI=1S/C17H14FN3O2/c1-10-3-2-4-12(16(10)18)21-17-11-7-14-15(23-6-5-22-14)8-13(11)19-9-20-17/h2-4,7-9H,5-6H2,1H3,(H,19,20,21). The van der Waals surface area contributed by atoms with Gasteiger partial charge in [0.15, 0.2) is 11.5 Å². The number of nitrogens with one attached hydrogen (secondary N) is 1. The molecular formula is C17H14FN3O2. The average Bonchev–Trinajstić information content (AvgIpc) is 2.57. The minimum atomic E-state index is -0.295. The highest BCUT2D eigenvalue weighted by atomic mass is 19.1. The molecule has 1 aliphatic heterocycles. The van der Waals surface area contributed by atoms with E-state index in [2.05, 4.69) is 15.3 Å². The Balaban J connectivity index is 1.82. The molecule has 1 aliphatic rings. The lowest BCUT2D eigenvalue weighted by atomic mass is 10.1. The molecule has 6 heteroatoms. The largest absolute Gasteiger partial charge is 0.486 e. The van der Waals surface area contributed by atoms with Crippen LogP contribution in [-0.4, -0.2) is 23.2 Å². The van der Waals surface area contributed by atoms with Crippen LogP contribution in [0.15, 0.2) is 36.7 Å². The molecule has 0 saturated heterocycles. The summed E-state index contributed by atoms with van der Waals surface area (Å²) in [5.74, 6) is 1.54. The second kappa shape index (κ2) is 5.39. The molecule has 23 heavy (non-hydrogen) atoms. The van der Waals surface area contributed by atoms with Crippen molar-refractivity contribution >= 4 is 22.4 Å². The van der Waals surface area contributed by atoms with Gasteiger partial charge in [0.2, 0.25) is 0 Å². The third kappa shape index (κ3) is 2.42. The van der Waals surface area contributed by atoms with Crippen LogP contribution in [0.1, 0.15) is 5.56 Å². The lowest BCUT2D eigenvalue weighted by molar-refractivity contribution is 0.172. The summed E-state index contributed by atoms with van der Waals surface area (Å²) in [5.41, 5.74) is 1.65. The summed E-state index contributed by atoms with van der Waals surface area (Å²) < 4.78 is 25.4. The second-order valence-electron chi connectivity index (χ2n) is 5.30. The summed E-state index contributed by atoms with van der Waals surface area (Å²) in [6.45, 7) is 2.74. The van der Waals surface area contributed by atoms with Gasteiger partial charge in [-0.3, -0.25) is 0 Å². The van der Waals surface area contributed by atoms with Crippen LogP contribution in [0, 0.1) is 12.7 Å². The van der Waals surface area contributed by atoms with Crippen molar-refractivity contribution in [3.63, 3.8) is 0 Å². The number of fused-ring (bicyclic) bond motifs is 2. The van der Waals surface area contributed by atoms with Gasteiger partial charge in [-0.1, -0.05) is 12.1 Å². The number of hydrogen-bond acceptors (Lipinski definition) is 5. The number of benzene rings is 2. The van der Waals surface area contributed by atoms with E-state index < -0.39 is 0 Å². The minimum Gasteiger partial charge on any atom is -0.486 e. The molecule has 0 unspecified atom stereocenters. The first-order chi connectivity index (χ1) is 11.2. The smallest absolute Gasteiger partial charge is 0.163 e. The molecule has 0 atom stereocenters. The van der Waals surface area contributed by atoms with Crippen molar-refractivity contribution in [1.82, 2.24) is 9.97 Å². The molecule has 0 saturated carbocycles. The Morgan fingerprint density at radius 2 is 1.87 bits per heavy atom. The highest BCUT2D eigenvalue weighted by Gasteiger charge is 2.16. The van der Waals surface area contributed by atoms with E-state index in [1.807, 2.05) is 12.1 Å². The Labute approximate surface area is 132 Å². The minimum absolute atomic E-state index is 0.295. The zero-order valence-corrected chi connectivity index (χ0v) is 12.5. The number of aryl methyl sites for hydroxylation is 1. The molecule has 0 bridgehead atoms. The van der Waals surface area contributed by atoms with Gasteiger partial charge in [-0.25, -0.2) is 14.4 Å². The van der Waals surface area contributed by atoms with Crippen LogP contribution in [0.4, 0.5) is 15.9 Å². The van der Waals surface area contributed by atoms with Crippen LogP contribution in [0.3, 0.4) is 0 Å². The second-order valence-corrected chi connectivity index (χ2v) is 5.30. The summed E-state index contributed by atoms with van der Waals surface area (Å²) in [5, 5.41) is 3.79. The highest BCUT2D eigenvalue weighted by Crippen LogP contribution is 2.36. The Hall–Kier alpha value is -2.89. The van der Waals surface area contributed by atoms with E-state index in [-0.39, 0.29) is 5.82 Å². The SMILES string of the molecule is Cc1cccc(Nc2ncnc3cc4c(cc23)OCCO4)c1F. The fourth-order valence-corrected chi connectivity index (χ4v) is 2.56. The maximum Gasteiger partial charge on any atom is 0.163 e. The van der Waals surface area contributed by atoms with Gasteiger partial charge in [-0.2, -0.15) is 0 Å². The quantitative estimate of drug-likeness (QED) is 0.784. The van der Waals surface area contributed by atoms with Gasteiger partial charge in [0.05, 0.1) is 11.2 Å². The number of aromatic nitrogens is 2. The van der Waals surface area contributed by atoms with Gasteiger partial charge in [0.25, 0.3) is 0 Å². The first-order valence-corrected chi connectivity index (χ1v) is 7.29. The molecule has 0 radical (unpaired) electrons. The number of halogens is 1. The topological polar surface area (TPSA) is 56.3 Å². The summed E-state index contributed by atoms with van der Waals surface area (Å²) in [6.07, 6.45) is 1.44. The first kappa shape index (κ1) is 13.8. The molecule has 2 heterocycles. The molecule has 1 aromatic heterocycles. The normalized spacial score (nSPS) is 13.1. The highest BCUT2D eigenvalue weighted by molar-refractivity contribution is 5.93. The predicted octanol–water partition coefficient (Wildman–Crippen LogP) is 3.59. The van der Waals surface area contributed by atoms with E-state index in [9.17, 15) is 4.39 Å². The van der Waals surface area contributed by atoms with Gasteiger partial charge in [0, 0.05) is 11.5 Å². The van der Waals surface area contributed by atoms with Crippen molar-refractivity contribution < 1.29 is 13.9 Å². The van der Waals surface area contributed by atoms with Gasteiger partial charge in [-0.15, -0.1) is 0 Å². The molecule has 1 N–H and O–H groups in total. The molecule has 0 aliphatic carbocycles. The maximum atomic E-state index is 14.2. The van der Waals surface area contributed by atoms with Crippen LogP contribution in [0.5, 0.6) is 11.5 Å². The Morgan fingerprint density at radius 3 is 2.70 bits per heavy atom. The maximum absolute atomic E-state index is 14.2. The van der Waals surface area contributed by atoms with E-state index in [4.69, 9.17) is 9.47 Å². The summed E-state index contributed by atoms with van der Waals surface area (Å²) >= 11 is 0. The fraction of sp³-hybridized carbons (Fsp3) is 0.176. The Morgan fingerprint density at radius 1 is 1.09 bits per heavy atom. The van der Waals surface area contributed by atoms with E-state index in [0.717, 1.165) is 5.39 Å². The molecule has 4 rings (SSSR count).